The molecule has 2 aromatic carbocycles. The first-order chi connectivity index (χ1) is 10.8. The SMILES string of the molecule is CC(=O)Nc1cc(Cl)c(Oc2cccc(Cl)c2Cl)cc1[N+](=O)[O-]. The minimum absolute atomic E-state index is 0.0108. The molecule has 6 nitrogen and oxygen atoms in total. The standard InChI is InChI=1S/C14H9Cl3N2O4/c1-7(20)18-10-5-9(16)13(6-11(10)19(21)22)23-12-4-2-3-8(15)14(12)17/h2-6H,1H3,(H,18,20). The third-order valence-corrected chi connectivity index (χ3v) is 3.79. The van der Waals surface area contributed by atoms with Gasteiger partial charge in [-0.3, -0.25) is 14.9 Å². The molecule has 0 fully saturated rings. The van der Waals surface area contributed by atoms with Gasteiger partial charge < -0.3 is 10.1 Å². The van der Waals surface area contributed by atoms with Gasteiger partial charge in [0.1, 0.15) is 16.5 Å². The largest absolute Gasteiger partial charge is 0.454 e. The Balaban J connectivity index is 2.47. The van der Waals surface area contributed by atoms with Crippen molar-refractivity contribution in [1.82, 2.24) is 0 Å². The van der Waals surface area contributed by atoms with Gasteiger partial charge in [0, 0.05) is 6.92 Å². The molecule has 9 heteroatoms. The van der Waals surface area contributed by atoms with Crippen LogP contribution in [0.25, 0.3) is 0 Å². The predicted molar refractivity (Wildman–Crippen MR) is 88.9 cm³/mol. The van der Waals surface area contributed by atoms with E-state index in [4.69, 9.17) is 39.5 Å². The summed E-state index contributed by atoms with van der Waals surface area (Å²) in [6.45, 7) is 1.23. The Morgan fingerprint density at radius 1 is 1.17 bits per heavy atom. The number of halogens is 3. The summed E-state index contributed by atoms with van der Waals surface area (Å²) in [5, 5.41) is 14.0. The number of carbonyl (C=O) groups is 1. The summed E-state index contributed by atoms with van der Waals surface area (Å²) in [5.74, 6) is -0.255. The number of nitrogens with zero attached hydrogens (tertiary/aromatic N) is 1. The van der Waals surface area contributed by atoms with Crippen molar-refractivity contribution in [2.75, 3.05) is 5.32 Å². The molecular formula is C14H9Cl3N2O4. The van der Waals surface area contributed by atoms with Crippen LogP contribution in [0.2, 0.25) is 15.1 Å². The number of hydrogen-bond acceptors (Lipinski definition) is 4. The van der Waals surface area contributed by atoms with Crippen molar-refractivity contribution in [3.8, 4) is 11.5 Å². The van der Waals surface area contributed by atoms with Crippen LogP contribution in [0, 0.1) is 10.1 Å². The average Bonchev–Trinajstić information content (AvgIpc) is 2.45. The third kappa shape index (κ3) is 4.04. The predicted octanol–water partition coefficient (Wildman–Crippen LogP) is 5.31. The lowest BCUT2D eigenvalue weighted by Crippen LogP contribution is -2.08. The van der Waals surface area contributed by atoms with Gasteiger partial charge in [0.25, 0.3) is 5.69 Å². The number of rotatable bonds is 4. The van der Waals surface area contributed by atoms with Gasteiger partial charge in [-0.25, -0.2) is 0 Å². The fourth-order valence-corrected chi connectivity index (χ4v) is 2.28. The second kappa shape index (κ2) is 7.04. The fraction of sp³-hybridized carbons (Fsp3) is 0.0714. The average molecular weight is 376 g/mol. The Hall–Kier alpha value is -2.02. The normalized spacial score (nSPS) is 10.3. The molecule has 0 spiro atoms. The first-order valence-electron chi connectivity index (χ1n) is 6.17. The van der Waals surface area contributed by atoms with E-state index in [1.165, 1.54) is 19.1 Å². The van der Waals surface area contributed by atoms with E-state index in [0.29, 0.717) is 0 Å². The quantitative estimate of drug-likeness (QED) is 0.580. The number of ether oxygens (including phenoxy) is 1. The van der Waals surface area contributed by atoms with Gasteiger partial charge in [-0.05, 0) is 18.2 Å². The van der Waals surface area contributed by atoms with Gasteiger partial charge in [0.2, 0.25) is 5.91 Å². The van der Waals surface area contributed by atoms with E-state index >= 15 is 0 Å². The molecule has 0 saturated heterocycles. The molecule has 0 aromatic heterocycles. The van der Waals surface area contributed by atoms with Crippen molar-refractivity contribution in [1.29, 1.82) is 0 Å². The molecule has 0 aliphatic heterocycles. The van der Waals surface area contributed by atoms with Crippen LogP contribution in [-0.4, -0.2) is 10.8 Å². The number of nitrogens with one attached hydrogen (secondary N) is 1. The van der Waals surface area contributed by atoms with Crippen LogP contribution in [0.3, 0.4) is 0 Å². The molecule has 0 unspecified atom stereocenters. The minimum atomic E-state index is -0.659. The highest BCUT2D eigenvalue weighted by Crippen LogP contribution is 2.41. The van der Waals surface area contributed by atoms with Crippen molar-refractivity contribution in [2.45, 2.75) is 6.92 Å². The summed E-state index contributed by atoms with van der Waals surface area (Å²) in [5.41, 5.74) is -0.394. The van der Waals surface area contributed by atoms with Gasteiger partial charge >= 0.3 is 0 Å². The van der Waals surface area contributed by atoms with Crippen LogP contribution < -0.4 is 10.1 Å². The summed E-state index contributed by atoms with van der Waals surface area (Å²) in [6, 6.07) is 7.05. The second-order valence-corrected chi connectivity index (χ2v) is 5.58. The molecule has 0 atom stereocenters. The van der Waals surface area contributed by atoms with E-state index in [9.17, 15) is 14.9 Å². The van der Waals surface area contributed by atoms with Gasteiger partial charge in [0.15, 0.2) is 5.75 Å². The van der Waals surface area contributed by atoms with Crippen molar-refractivity contribution in [3.63, 3.8) is 0 Å². The lowest BCUT2D eigenvalue weighted by molar-refractivity contribution is -0.384. The van der Waals surface area contributed by atoms with Crippen molar-refractivity contribution in [3.05, 3.63) is 55.5 Å². The molecule has 120 valence electrons. The van der Waals surface area contributed by atoms with Crippen LogP contribution in [0.1, 0.15) is 6.92 Å². The summed E-state index contributed by atoms with van der Waals surface area (Å²) in [6.07, 6.45) is 0. The number of hydrogen-bond donors (Lipinski definition) is 1. The summed E-state index contributed by atoms with van der Waals surface area (Å²) < 4.78 is 5.51. The Bertz CT molecular complexity index is 796. The number of anilines is 1. The lowest BCUT2D eigenvalue weighted by Gasteiger charge is -2.11. The maximum absolute atomic E-state index is 11.1. The lowest BCUT2D eigenvalue weighted by atomic mass is 10.2. The van der Waals surface area contributed by atoms with Gasteiger partial charge in [-0.1, -0.05) is 40.9 Å². The Kier molecular flexibility index (Phi) is 5.30. The maximum Gasteiger partial charge on any atom is 0.296 e. The molecular weight excluding hydrogens is 367 g/mol. The second-order valence-electron chi connectivity index (χ2n) is 4.39. The molecule has 2 rings (SSSR count). The highest BCUT2D eigenvalue weighted by Gasteiger charge is 2.20. The molecule has 0 bridgehead atoms. The Morgan fingerprint density at radius 2 is 1.87 bits per heavy atom. The molecule has 2 aromatic rings. The van der Waals surface area contributed by atoms with Gasteiger partial charge in [-0.2, -0.15) is 0 Å². The third-order valence-electron chi connectivity index (χ3n) is 2.69. The van der Waals surface area contributed by atoms with Crippen LogP contribution in [-0.2, 0) is 4.79 Å². The minimum Gasteiger partial charge on any atom is -0.454 e. The van der Waals surface area contributed by atoms with E-state index in [1.807, 2.05) is 0 Å². The monoisotopic (exact) mass is 374 g/mol. The fourth-order valence-electron chi connectivity index (χ4n) is 1.74. The molecule has 1 amide bonds. The summed E-state index contributed by atoms with van der Waals surface area (Å²) in [4.78, 5) is 21.6. The van der Waals surface area contributed by atoms with Crippen molar-refractivity contribution < 1.29 is 14.5 Å². The van der Waals surface area contributed by atoms with E-state index < -0.39 is 10.8 Å². The van der Waals surface area contributed by atoms with E-state index in [-0.39, 0.29) is 37.9 Å². The van der Waals surface area contributed by atoms with Gasteiger partial charge in [-0.15, -0.1) is 0 Å². The maximum atomic E-state index is 11.1. The van der Waals surface area contributed by atoms with Crippen LogP contribution in [0.5, 0.6) is 11.5 Å². The summed E-state index contributed by atoms with van der Waals surface area (Å²) in [7, 11) is 0. The molecule has 0 radical (unpaired) electrons. The van der Waals surface area contributed by atoms with Crippen molar-refractivity contribution >= 4 is 52.1 Å². The van der Waals surface area contributed by atoms with Crippen molar-refractivity contribution in [2.24, 2.45) is 0 Å². The van der Waals surface area contributed by atoms with Crippen LogP contribution >= 0.6 is 34.8 Å². The van der Waals surface area contributed by atoms with Crippen LogP contribution in [0.15, 0.2) is 30.3 Å². The first-order valence-corrected chi connectivity index (χ1v) is 7.30. The Morgan fingerprint density at radius 3 is 2.48 bits per heavy atom. The molecule has 1 N–H and O–H groups in total. The topological polar surface area (TPSA) is 81.5 Å². The molecule has 23 heavy (non-hydrogen) atoms. The number of nitro benzene ring substituents is 1. The summed E-state index contributed by atoms with van der Waals surface area (Å²) >= 11 is 17.9. The molecule has 0 saturated carbocycles. The van der Waals surface area contributed by atoms with Gasteiger partial charge in [0.05, 0.1) is 21.0 Å². The number of nitro groups is 1. The van der Waals surface area contributed by atoms with E-state index in [0.717, 1.165) is 6.07 Å². The van der Waals surface area contributed by atoms with Crippen LogP contribution in [0.4, 0.5) is 11.4 Å². The molecule has 0 heterocycles. The zero-order chi connectivity index (χ0) is 17.1. The highest BCUT2D eigenvalue weighted by atomic mass is 35.5. The first kappa shape index (κ1) is 17.3. The van der Waals surface area contributed by atoms with E-state index in [2.05, 4.69) is 5.32 Å². The van der Waals surface area contributed by atoms with E-state index in [1.54, 1.807) is 12.1 Å². The number of carbonyl (C=O) groups excluding carboxylic acids is 1. The number of amides is 1. The zero-order valence-corrected chi connectivity index (χ0v) is 13.9. The number of benzene rings is 2. The molecule has 0 aliphatic rings. The smallest absolute Gasteiger partial charge is 0.296 e. The molecule has 0 aliphatic carbocycles. The Labute approximate surface area is 146 Å². The zero-order valence-electron chi connectivity index (χ0n) is 11.6. The highest BCUT2D eigenvalue weighted by molar-refractivity contribution is 6.43.